The number of allylic oxidation sites excluding steroid dienone is 1. The molecule has 0 amide bonds. The number of alkyl halides is 1. The lowest BCUT2D eigenvalue weighted by atomic mass is 9.77. The second-order valence-corrected chi connectivity index (χ2v) is 24.2. The second kappa shape index (κ2) is 26.6. The highest BCUT2D eigenvalue weighted by molar-refractivity contribution is 7.99. The molecule has 0 unspecified atom stereocenters. The molecule has 19 heteroatoms. The zero-order valence-electron chi connectivity index (χ0n) is 47.3. The lowest BCUT2D eigenvalue weighted by Crippen LogP contribution is -2.59. The number of likely N-dealkylation sites (N-methyl/N-ethyl adjacent to an activating group) is 2. The minimum Gasteiger partial charge on any atom is -0.459 e. The van der Waals surface area contributed by atoms with Gasteiger partial charge in [0.2, 0.25) is 0 Å². The third kappa shape index (κ3) is 14.8. The van der Waals surface area contributed by atoms with Crippen molar-refractivity contribution in [3.05, 3.63) is 53.4 Å². The largest absolute Gasteiger partial charge is 0.459 e. The number of esters is 1. The Labute approximate surface area is 450 Å². The van der Waals surface area contributed by atoms with Gasteiger partial charge in [0.15, 0.2) is 12.6 Å². The van der Waals surface area contributed by atoms with Crippen molar-refractivity contribution in [2.75, 3.05) is 59.6 Å². The maximum atomic E-state index is 14.9. The third-order valence-electron chi connectivity index (χ3n) is 17.0. The summed E-state index contributed by atoms with van der Waals surface area (Å²) in [6.07, 6.45) is -1.09. The quantitative estimate of drug-likeness (QED) is 0.132. The number of ether oxygens (including phenoxy) is 7. The number of rotatable bonds is 16. The van der Waals surface area contributed by atoms with E-state index in [-0.39, 0.29) is 37.3 Å². The first-order chi connectivity index (χ1) is 35.4. The lowest BCUT2D eigenvalue weighted by molar-refractivity contribution is -0.308. The molecule has 3 fully saturated rings. The number of methoxy groups -OCH3 is 2. The average Bonchev–Trinajstić information content (AvgIpc) is 3.86. The van der Waals surface area contributed by atoms with Crippen molar-refractivity contribution in [1.29, 1.82) is 0 Å². The van der Waals surface area contributed by atoms with Gasteiger partial charge in [-0.3, -0.25) is 4.79 Å². The predicted molar refractivity (Wildman–Crippen MR) is 287 cm³/mol. The molecule has 6 rings (SSSR count). The zero-order chi connectivity index (χ0) is 55.2. The topological polar surface area (TPSA) is 200 Å². The van der Waals surface area contributed by atoms with Gasteiger partial charge in [-0.1, -0.05) is 56.3 Å². The van der Waals surface area contributed by atoms with Crippen LogP contribution in [0.1, 0.15) is 137 Å². The van der Waals surface area contributed by atoms with E-state index in [1.807, 2.05) is 70.6 Å². The average molecular weight is 1080 g/mol. The minimum atomic E-state index is -1.82. The summed E-state index contributed by atoms with van der Waals surface area (Å²) < 4.78 is 61.2. The van der Waals surface area contributed by atoms with E-state index >= 15 is 0 Å². The van der Waals surface area contributed by atoms with Gasteiger partial charge in [-0.2, -0.15) is 11.8 Å². The van der Waals surface area contributed by atoms with Gasteiger partial charge in [-0.05, 0) is 117 Å². The van der Waals surface area contributed by atoms with Crippen LogP contribution in [0.3, 0.4) is 0 Å². The maximum absolute atomic E-state index is 14.9. The van der Waals surface area contributed by atoms with Gasteiger partial charge in [0.05, 0.1) is 47.2 Å². The number of halogens is 1. The van der Waals surface area contributed by atoms with Gasteiger partial charge in [0, 0.05) is 76.5 Å². The standard InChI is InChI=1S/C56H92FN5O12S/c1-15-45-56(10,67)50(63)37(6)61(12)31-33(2)28-54(8,66)52(35(4)48(36(5)53(65)72-45)73-47-29-55(9,69-14)51(64)38(7)71-47)74-46-27-43(26-34(3)70-46)60(11)23-20-42-32-62(59-58-42)44(30-57)49(68-13)41-18-16-39(17-19-41)40-21-24-75-25-22-40/h16-19,21,32-38,43-52,63-64,66-67H,15,20,22-31H2,1-14H3/t33-,34-,35+,36-,37-,38+,43+,44-,45-,46+,47+,48+,49-,50-,51+,52-,54-,55-,56-/m1/s1. The molecule has 5 heterocycles. The molecule has 19 atom stereocenters. The van der Waals surface area contributed by atoms with Crippen molar-refractivity contribution < 1.29 is 62.8 Å². The number of nitrogens with zero attached hydrogens (tertiary/aromatic N) is 5. The zero-order valence-corrected chi connectivity index (χ0v) is 48.1. The van der Waals surface area contributed by atoms with Crippen molar-refractivity contribution in [3.63, 3.8) is 0 Å². The molecule has 4 N–H and O–H groups in total. The first-order valence-electron chi connectivity index (χ1n) is 27.3. The Hall–Kier alpha value is -2.63. The van der Waals surface area contributed by atoms with Crippen molar-refractivity contribution in [2.45, 2.75) is 211 Å². The molecule has 2 aromatic rings. The van der Waals surface area contributed by atoms with Crippen molar-refractivity contribution in [2.24, 2.45) is 17.8 Å². The lowest BCUT2D eigenvalue weighted by Gasteiger charge is -2.48. The fourth-order valence-electron chi connectivity index (χ4n) is 12.2. The minimum absolute atomic E-state index is 0.00523. The Morgan fingerprint density at radius 1 is 0.973 bits per heavy atom. The van der Waals surface area contributed by atoms with Crippen LogP contribution >= 0.6 is 11.8 Å². The Bertz CT molecular complexity index is 2140. The van der Waals surface area contributed by atoms with Crippen LogP contribution in [0, 0.1) is 17.8 Å². The number of thioether (sulfide) groups is 1. The Kier molecular flexibility index (Phi) is 21.8. The van der Waals surface area contributed by atoms with Crippen molar-refractivity contribution >= 4 is 23.3 Å². The summed E-state index contributed by atoms with van der Waals surface area (Å²) in [5.74, 6) is -0.428. The summed E-state index contributed by atoms with van der Waals surface area (Å²) >= 11 is 1.93. The maximum Gasteiger partial charge on any atom is 0.311 e. The van der Waals surface area contributed by atoms with Crippen LogP contribution in [-0.4, -0.2) is 195 Å². The molecule has 0 bridgehead atoms. The van der Waals surface area contributed by atoms with Crippen LogP contribution in [0.2, 0.25) is 0 Å². The van der Waals surface area contributed by atoms with Gasteiger partial charge in [0.25, 0.3) is 0 Å². The van der Waals surface area contributed by atoms with Gasteiger partial charge >= 0.3 is 5.97 Å². The summed E-state index contributed by atoms with van der Waals surface area (Å²) in [6, 6.07) is 6.94. The van der Waals surface area contributed by atoms with Gasteiger partial charge in [-0.15, -0.1) is 5.10 Å². The van der Waals surface area contributed by atoms with E-state index in [9.17, 15) is 29.6 Å². The highest BCUT2D eigenvalue weighted by atomic mass is 32.2. The van der Waals surface area contributed by atoms with E-state index in [1.54, 1.807) is 52.6 Å². The fourth-order valence-corrected chi connectivity index (χ4v) is 13.0. The molecular formula is C56H92FN5O12S. The molecule has 4 aliphatic rings. The number of aromatic nitrogens is 3. The normalized spacial score (nSPS) is 39.0. The Balaban J connectivity index is 1.23. The SMILES string of the molecule is CC[C@H]1OC(=O)[C@H](C)[C@@H](O[C@H]2C[C@@](C)(OC)[C@@H](O)[C@H](C)O2)[C@H](C)[C@@H](O[C@H]2C[C@@H](N(C)CCc3cn([C@H](CF)[C@H](OC)c4ccc(C5=CCSCC5)cc4)nn3)C[C@@H](C)O2)[C@](C)(O)C[C@@H](C)CN(C)[C@H](C)[C@@H](O)[C@]1(C)O. The predicted octanol–water partition coefficient (Wildman–Crippen LogP) is 6.55. The van der Waals surface area contributed by atoms with E-state index < -0.39 is 109 Å². The number of benzene rings is 1. The van der Waals surface area contributed by atoms with Gasteiger partial charge in [-0.25, -0.2) is 9.07 Å². The second-order valence-electron chi connectivity index (χ2n) is 23.1. The molecule has 1 aromatic carbocycles. The molecule has 75 heavy (non-hydrogen) atoms. The number of aliphatic hydroxyl groups is 4. The first-order valence-corrected chi connectivity index (χ1v) is 28.5. The van der Waals surface area contributed by atoms with E-state index in [4.69, 9.17) is 33.2 Å². The van der Waals surface area contributed by atoms with Crippen molar-refractivity contribution in [1.82, 2.24) is 24.8 Å². The third-order valence-corrected chi connectivity index (χ3v) is 17.9. The number of carbonyl (C=O) groups is 1. The molecule has 0 radical (unpaired) electrons. The van der Waals surface area contributed by atoms with Gasteiger partial charge in [0.1, 0.15) is 42.7 Å². The van der Waals surface area contributed by atoms with Crippen LogP contribution < -0.4 is 0 Å². The van der Waals surface area contributed by atoms with E-state index in [0.29, 0.717) is 38.0 Å². The highest BCUT2D eigenvalue weighted by Gasteiger charge is 2.52. The van der Waals surface area contributed by atoms with Crippen LogP contribution in [0.25, 0.3) is 5.57 Å². The monoisotopic (exact) mass is 1080 g/mol. The summed E-state index contributed by atoms with van der Waals surface area (Å²) in [6.45, 7) is 18.3. The van der Waals surface area contributed by atoms with Crippen LogP contribution in [0.5, 0.6) is 0 Å². The molecule has 1 aromatic heterocycles. The smallest absolute Gasteiger partial charge is 0.311 e. The Morgan fingerprint density at radius 3 is 2.31 bits per heavy atom. The van der Waals surface area contributed by atoms with Gasteiger partial charge < -0.3 is 63.4 Å². The molecule has 0 aliphatic carbocycles. The van der Waals surface area contributed by atoms with Crippen molar-refractivity contribution in [3.8, 4) is 0 Å². The summed E-state index contributed by atoms with van der Waals surface area (Å²) in [5, 5.41) is 56.4. The van der Waals surface area contributed by atoms with E-state index in [2.05, 4.69) is 33.4 Å². The molecule has 0 saturated carbocycles. The molecule has 4 aliphatic heterocycles. The summed E-state index contributed by atoms with van der Waals surface area (Å²) in [5.41, 5.74) is -0.293. The molecule has 426 valence electrons. The first kappa shape index (κ1) is 61.6. The number of carbonyl (C=O) groups excluding carboxylic acids is 1. The fraction of sp³-hybridized carbons (Fsp3) is 0.804. The Morgan fingerprint density at radius 2 is 1.68 bits per heavy atom. The number of aliphatic hydroxyl groups excluding tert-OH is 2. The van der Waals surface area contributed by atoms with Crippen LogP contribution in [0.15, 0.2) is 36.5 Å². The molecule has 3 saturated heterocycles. The summed E-state index contributed by atoms with van der Waals surface area (Å²) in [4.78, 5) is 18.7. The van der Waals surface area contributed by atoms with E-state index in [1.165, 1.54) is 25.2 Å². The highest BCUT2D eigenvalue weighted by Crippen LogP contribution is 2.41. The number of hydrogen-bond acceptors (Lipinski definition) is 17. The van der Waals surface area contributed by atoms with E-state index in [0.717, 1.165) is 23.5 Å². The number of cyclic esters (lactones) is 1. The molecular weight excluding hydrogens is 986 g/mol. The van der Waals surface area contributed by atoms with Crippen LogP contribution in [0.4, 0.5) is 4.39 Å². The molecule has 0 spiro atoms. The number of hydrogen-bond donors (Lipinski definition) is 4. The van der Waals surface area contributed by atoms with Crippen LogP contribution in [-0.2, 0) is 44.4 Å². The summed E-state index contributed by atoms with van der Waals surface area (Å²) in [7, 11) is 7.03. The molecule has 17 nitrogen and oxygen atoms in total.